The molecule has 36 heavy (non-hydrogen) atoms. The van der Waals surface area contributed by atoms with Crippen LogP contribution in [0.4, 0.5) is 0 Å². The van der Waals surface area contributed by atoms with Gasteiger partial charge in [0.05, 0.1) is 36.5 Å². The molecule has 2 aromatic carbocycles. The van der Waals surface area contributed by atoms with Crippen molar-refractivity contribution >= 4 is 49.9 Å². The number of nitrogens with zero attached hydrogens (tertiary/aromatic N) is 3. The van der Waals surface area contributed by atoms with Crippen molar-refractivity contribution in [1.29, 1.82) is 5.41 Å². The molecule has 188 valence electrons. The van der Waals surface area contributed by atoms with Crippen molar-refractivity contribution in [3.63, 3.8) is 0 Å². The average Bonchev–Trinajstić information content (AvgIpc) is 3.30. The summed E-state index contributed by atoms with van der Waals surface area (Å²) in [6.07, 6.45) is 2.22. The van der Waals surface area contributed by atoms with Gasteiger partial charge in [-0.15, -0.1) is 0 Å². The van der Waals surface area contributed by atoms with Gasteiger partial charge in [-0.25, -0.2) is 13.3 Å². The standard InChI is InChI=1S/C25H26N4O5S2/c1-4-36(31,32)25-28-35-24-27-23(30)20(22(26)29(24)25)15-18-9-11-19(12-10-18)33-13-6-14-34-21-8-5-7-16(2)17(21)3/h5,7-12,15,26H,4,6,13-14H2,1-3H3/b20-15-,26-22?. The zero-order valence-corrected chi connectivity index (χ0v) is 21.8. The van der Waals surface area contributed by atoms with Crippen molar-refractivity contribution in [1.82, 2.24) is 4.90 Å². The fourth-order valence-electron chi connectivity index (χ4n) is 3.47. The number of amidine groups is 3. The molecule has 0 aliphatic carbocycles. The number of amides is 1. The summed E-state index contributed by atoms with van der Waals surface area (Å²) in [6, 6.07) is 13.0. The lowest BCUT2D eigenvalue weighted by Gasteiger charge is -2.24. The van der Waals surface area contributed by atoms with E-state index in [0.29, 0.717) is 30.9 Å². The molecule has 9 nitrogen and oxygen atoms in total. The van der Waals surface area contributed by atoms with Gasteiger partial charge in [0.2, 0.25) is 20.2 Å². The van der Waals surface area contributed by atoms with Crippen LogP contribution in [0.3, 0.4) is 0 Å². The van der Waals surface area contributed by atoms with Crippen LogP contribution in [-0.4, -0.2) is 54.4 Å². The van der Waals surface area contributed by atoms with Crippen molar-refractivity contribution in [2.45, 2.75) is 27.2 Å². The van der Waals surface area contributed by atoms with Crippen LogP contribution in [0.25, 0.3) is 6.08 Å². The third-order valence-corrected chi connectivity index (χ3v) is 8.12. The molecule has 2 aromatic rings. The molecule has 0 unspecified atom stereocenters. The molecule has 1 N–H and O–H groups in total. The number of carbonyl (C=O) groups excluding carboxylic acids is 1. The first-order valence-corrected chi connectivity index (χ1v) is 13.8. The predicted octanol–water partition coefficient (Wildman–Crippen LogP) is 4.16. The van der Waals surface area contributed by atoms with Crippen molar-refractivity contribution in [2.24, 2.45) is 9.39 Å². The highest BCUT2D eigenvalue weighted by atomic mass is 32.2. The summed E-state index contributed by atoms with van der Waals surface area (Å²) in [6.45, 7) is 6.60. The monoisotopic (exact) mass is 526 g/mol. The number of rotatable bonds is 8. The van der Waals surface area contributed by atoms with Gasteiger partial charge in [0.25, 0.3) is 5.91 Å². The second kappa shape index (κ2) is 10.7. The fourth-order valence-corrected chi connectivity index (χ4v) is 5.43. The SMILES string of the molecule is CCS(=O)(=O)C1=NSC2=NC(=O)/C(=C\c3ccc(OCCCOc4cccc(C)c4C)cc3)C(=N)N21. The predicted molar refractivity (Wildman–Crippen MR) is 142 cm³/mol. The van der Waals surface area contributed by atoms with Crippen molar-refractivity contribution in [2.75, 3.05) is 19.0 Å². The fraction of sp³-hybridized carbons (Fsp3) is 0.280. The van der Waals surface area contributed by atoms with E-state index in [4.69, 9.17) is 14.9 Å². The van der Waals surface area contributed by atoms with E-state index < -0.39 is 15.7 Å². The normalized spacial score (nSPS) is 16.6. The quantitative estimate of drug-likeness (QED) is 0.311. The van der Waals surface area contributed by atoms with Crippen molar-refractivity contribution < 1.29 is 22.7 Å². The molecule has 2 heterocycles. The van der Waals surface area contributed by atoms with E-state index in [-0.39, 0.29) is 27.5 Å². The Morgan fingerprint density at radius 3 is 2.53 bits per heavy atom. The molecule has 0 spiro atoms. The van der Waals surface area contributed by atoms with E-state index in [1.165, 1.54) is 18.6 Å². The van der Waals surface area contributed by atoms with Gasteiger partial charge in [-0.3, -0.25) is 10.2 Å². The Hall–Kier alpha value is -3.44. The van der Waals surface area contributed by atoms with E-state index in [1.807, 2.05) is 19.1 Å². The lowest BCUT2D eigenvalue weighted by molar-refractivity contribution is -0.114. The summed E-state index contributed by atoms with van der Waals surface area (Å²) in [5, 5.41) is 8.25. The third-order valence-electron chi connectivity index (χ3n) is 5.71. The smallest absolute Gasteiger partial charge is 0.283 e. The number of aryl methyl sites for hydroxylation is 1. The van der Waals surface area contributed by atoms with Gasteiger partial charge < -0.3 is 9.47 Å². The number of hydrogen-bond acceptors (Lipinski definition) is 8. The lowest BCUT2D eigenvalue weighted by atomic mass is 10.1. The Balaban J connectivity index is 1.36. The molecule has 0 aromatic heterocycles. The molecule has 2 aliphatic rings. The van der Waals surface area contributed by atoms with E-state index >= 15 is 0 Å². The van der Waals surface area contributed by atoms with Crippen LogP contribution < -0.4 is 9.47 Å². The van der Waals surface area contributed by atoms with Gasteiger partial charge in [-0.05, 0) is 54.8 Å². The average molecular weight is 527 g/mol. The van der Waals surface area contributed by atoms with Gasteiger partial charge in [0, 0.05) is 6.42 Å². The van der Waals surface area contributed by atoms with Gasteiger partial charge >= 0.3 is 0 Å². The van der Waals surface area contributed by atoms with Crippen LogP contribution in [-0.2, 0) is 14.6 Å². The van der Waals surface area contributed by atoms with Crippen molar-refractivity contribution in [3.8, 4) is 11.5 Å². The minimum absolute atomic E-state index is 0.0162. The Labute approximate surface area is 214 Å². The highest BCUT2D eigenvalue weighted by molar-refractivity contribution is 8.16. The first-order chi connectivity index (χ1) is 17.2. The minimum Gasteiger partial charge on any atom is -0.493 e. The molecular weight excluding hydrogens is 500 g/mol. The van der Waals surface area contributed by atoms with Crippen LogP contribution in [0, 0.1) is 19.3 Å². The largest absolute Gasteiger partial charge is 0.493 e. The molecule has 4 rings (SSSR count). The van der Waals surface area contributed by atoms with Crippen LogP contribution in [0.15, 0.2) is 57.4 Å². The molecule has 0 bridgehead atoms. The molecule has 0 fully saturated rings. The summed E-state index contributed by atoms with van der Waals surface area (Å²) in [4.78, 5) is 17.5. The van der Waals surface area contributed by atoms with Gasteiger partial charge in [0.1, 0.15) is 17.3 Å². The number of nitrogens with one attached hydrogen (secondary N) is 1. The topological polar surface area (TPSA) is 121 Å². The number of benzene rings is 2. The number of hydrogen-bond donors (Lipinski definition) is 1. The molecule has 2 aliphatic heterocycles. The summed E-state index contributed by atoms with van der Waals surface area (Å²) in [5.41, 5.74) is 2.96. The van der Waals surface area contributed by atoms with Crippen LogP contribution in [0.2, 0.25) is 0 Å². The Kier molecular flexibility index (Phi) is 7.60. The third kappa shape index (κ3) is 5.36. The minimum atomic E-state index is -3.68. The van der Waals surface area contributed by atoms with E-state index in [0.717, 1.165) is 28.2 Å². The van der Waals surface area contributed by atoms with E-state index in [9.17, 15) is 13.2 Å². The maximum absolute atomic E-state index is 12.5. The summed E-state index contributed by atoms with van der Waals surface area (Å²) in [5.74, 6) is 0.483. The second-order valence-corrected chi connectivity index (χ2v) is 11.0. The maximum atomic E-state index is 12.5. The zero-order chi connectivity index (χ0) is 25.9. The van der Waals surface area contributed by atoms with Crippen LogP contribution in [0.5, 0.6) is 11.5 Å². The van der Waals surface area contributed by atoms with Crippen molar-refractivity contribution in [3.05, 3.63) is 64.7 Å². The molecule has 0 radical (unpaired) electrons. The summed E-state index contributed by atoms with van der Waals surface area (Å²) < 4.78 is 40.2. The maximum Gasteiger partial charge on any atom is 0.283 e. The molecule has 11 heteroatoms. The summed E-state index contributed by atoms with van der Waals surface area (Å²) >= 11 is 0.776. The number of aliphatic imine (C=N–C) groups is 1. The van der Waals surface area contributed by atoms with E-state index in [2.05, 4.69) is 22.4 Å². The Morgan fingerprint density at radius 2 is 1.81 bits per heavy atom. The van der Waals surface area contributed by atoms with Gasteiger partial charge in [-0.2, -0.15) is 9.39 Å². The number of ether oxygens (including phenoxy) is 2. The molecule has 0 saturated carbocycles. The second-order valence-electron chi connectivity index (χ2n) is 8.13. The lowest BCUT2D eigenvalue weighted by Crippen LogP contribution is -2.45. The van der Waals surface area contributed by atoms with Crippen LogP contribution in [0.1, 0.15) is 30.0 Å². The first kappa shape index (κ1) is 25.6. The van der Waals surface area contributed by atoms with Gasteiger partial charge in [-0.1, -0.05) is 31.2 Å². The highest BCUT2D eigenvalue weighted by Crippen LogP contribution is 2.30. The molecule has 0 saturated heterocycles. The highest BCUT2D eigenvalue weighted by Gasteiger charge is 2.42. The zero-order valence-electron chi connectivity index (χ0n) is 20.1. The molecular formula is C25H26N4O5S2. The number of sulfone groups is 1. The first-order valence-electron chi connectivity index (χ1n) is 11.3. The Bertz CT molecular complexity index is 1400. The molecule has 0 atom stereocenters. The number of fused-ring (bicyclic) bond motifs is 1. The van der Waals surface area contributed by atoms with E-state index in [1.54, 1.807) is 24.3 Å². The van der Waals surface area contributed by atoms with Gasteiger partial charge in [0.15, 0.2) is 0 Å². The number of carbonyl (C=O) groups is 1. The molecule has 1 amide bonds. The van der Waals surface area contributed by atoms with Crippen LogP contribution >= 0.6 is 11.9 Å². The Morgan fingerprint density at radius 1 is 1.08 bits per heavy atom. The summed E-state index contributed by atoms with van der Waals surface area (Å²) in [7, 11) is -3.68.